The van der Waals surface area contributed by atoms with Gasteiger partial charge in [0.25, 0.3) is 0 Å². The van der Waals surface area contributed by atoms with E-state index in [2.05, 4.69) is 4.98 Å². The lowest BCUT2D eigenvalue weighted by Crippen LogP contribution is -1.90. The summed E-state index contributed by atoms with van der Waals surface area (Å²) in [5.41, 5.74) is 0.892. The van der Waals surface area contributed by atoms with Gasteiger partial charge in [-0.15, -0.1) is 0 Å². The number of rotatable bonds is 2. The molecule has 3 aromatic rings. The van der Waals surface area contributed by atoms with Gasteiger partial charge in [-0.05, 0) is 48.2 Å². The van der Waals surface area contributed by atoms with Crippen LogP contribution in [0.1, 0.15) is 5.56 Å². The Kier molecular flexibility index (Phi) is 2.91. The molecule has 2 aromatic carbocycles. The third-order valence-corrected chi connectivity index (χ3v) is 2.96. The highest BCUT2D eigenvalue weighted by atomic mass is 16.5. The Morgan fingerprint density at radius 1 is 0.950 bits per heavy atom. The SMILES string of the molecule is Cc1cc(O)cc(Oc2nccc3ccc(O)cc23)c1. The maximum atomic E-state index is 9.59. The van der Waals surface area contributed by atoms with Crippen molar-refractivity contribution in [2.24, 2.45) is 0 Å². The summed E-state index contributed by atoms with van der Waals surface area (Å²) in [6.07, 6.45) is 1.64. The second-order valence-electron chi connectivity index (χ2n) is 4.63. The summed E-state index contributed by atoms with van der Waals surface area (Å²) in [7, 11) is 0. The number of hydrogen-bond donors (Lipinski definition) is 2. The van der Waals surface area contributed by atoms with Crippen molar-refractivity contribution < 1.29 is 14.9 Å². The van der Waals surface area contributed by atoms with Gasteiger partial charge in [0.2, 0.25) is 5.88 Å². The molecule has 100 valence electrons. The molecule has 3 rings (SSSR count). The molecule has 0 radical (unpaired) electrons. The molecule has 0 bridgehead atoms. The number of fused-ring (bicyclic) bond motifs is 1. The summed E-state index contributed by atoms with van der Waals surface area (Å²) in [5, 5.41) is 20.8. The number of pyridine rings is 1. The fourth-order valence-corrected chi connectivity index (χ4v) is 2.11. The molecule has 2 N–H and O–H groups in total. The second kappa shape index (κ2) is 4.74. The van der Waals surface area contributed by atoms with E-state index in [9.17, 15) is 10.2 Å². The van der Waals surface area contributed by atoms with Crippen LogP contribution < -0.4 is 4.74 Å². The molecule has 20 heavy (non-hydrogen) atoms. The molecule has 4 nitrogen and oxygen atoms in total. The van der Waals surface area contributed by atoms with Crippen LogP contribution >= 0.6 is 0 Å². The number of phenolic OH excluding ortho intramolecular Hbond substituents is 2. The van der Waals surface area contributed by atoms with Crippen LogP contribution in [0.2, 0.25) is 0 Å². The van der Waals surface area contributed by atoms with Gasteiger partial charge in [0.1, 0.15) is 17.2 Å². The number of ether oxygens (including phenoxy) is 1. The molecule has 4 heteroatoms. The first-order valence-electron chi connectivity index (χ1n) is 6.18. The molecular formula is C16H13NO3. The van der Waals surface area contributed by atoms with Gasteiger partial charge in [-0.3, -0.25) is 0 Å². The summed E-state index contributed by atoms with van der Waals surface area (Å²) in [4.78, 5) is 4.19. The van der Waals surface area contributed by atoms with Crippen LogP contribution in [0, 0.1) is 6.92 Å². The number of nitrogens with zero attached hydrogens (tertiary/aromatic N) is 1. The first kappa shape index (κ1) is 12.3. The van der Waals surface area contributed by atoms with Gasteiger partial charge in [0.05, 0.1) is 0 Å². The highest BCUT2D eigenvalue weighted by Gasteiger charge is 2.07. The molecule has 0 amide bonds. The fourth-order valence-electron chi connectivity index (χ4n) is 2.11. The summed E-state index contributed by atoms with van der Waals surface area (Å²) >= 11 is 0. The molecule has 0 saturated carbocycles. The van der Waals surface area contributed by atoms with Crippen molar-refractivity contribution in [1.29, 1.82) is 0 Å². The molecule has 0 unspecified atom stereocenters. The normalized spacial score (nSPS) is 10.7. The minimum atomic E-state index is 0.142. The quantitative estimate of drug-likeness (QED) is 0.742. The van der Waals surface area contributed by atoms with Crippen LogP contribution in [0.5, 0.6) is 23.1 Å². The van der Waals surface area contributed by atoms with E-state index in [1.807, 2.05) is 19.1 Å². The number of aromatic nitrogens is 1. The Morgan fingerprint density at radius 3 is 2.60 bits per heavy atom. The lowest BCUT2D eigenvalue weighted by Gasteiger charge is -2.09. The van der Waals surface area contributed by atoms with E-state index < -0.39 is 0 Å². The van der Waals surface area contributed by atoms with E-state index >= 15 is 0 Å². The number of phenols is 2. The van der Waals surface area contributed by atoms with Gasteiger partial charge >= 0.3 is 0 Å². The van der Waals surface area contributed by atoms with Gasteiger partial charge < -0.3 is 14.9 Å². The summed E-state index contributed by atoms with van der Waals surface area (Å²) in [6, 6.07) is 11.8. The van der Waals surface area contributed by atoms with Crippen molar-refractivity contribution in [3.63, 3.8) is 0 Å². The van der Waals surface area contributed by atoms with Crippen molar-refractivity contribution in [3.8, 4) is 23.1 Å². The zero-order chi connectivity index (χ0) is 14.1. The maximum Gasteiger partial charge on any atom is 0.227 e. The van der Waals surface area contributed by atoms with Crippen molar-refractivity contribution in [2.75, 3.05) is 0 Å². The zero-order valence-corrected chi connectivity index (χ0v) is 10.9. The lowest BCUT2D eigenvalue weighted by molar-refractivity contribution is 0.447. The van der Waals surface area contributed by atoms with E-state index in [0.717, 1.165) is 10.9 Å². The molecule has 0 aliphatic rings. The average molecular weight is 267 g/mol. The van der Waals surface area contributed by atoms with Crippen LogP contribution in [0.4, 0.5) is 0 Å². The third-order valence-electron chi connectivity index (χ3n) is 2.96. The van der Waals surface area contributed by atoms with E-state index in [0.29, 0.717) is 17.0 Å². The Hall–Kier alpha value is -2.75. The van der Waals surface area contributed by atoms with E-state index in [1.165, 1.54) is 6.07 Å². The second-order valence-corrected chi connectivity index (χ2v) is 4.63. The number of aromatic hydroxyl groups is 2. The lowest BCUT2D eigenvalue weighted by atomic mass is 10.1. The molecule has 0 atom stereocenters. The van der Waals surface area contributed by atoms with Crippen molar-refractivity contribution in [2.45, 2.75) is 6.92 Å². The van der Waals surface area contributed by atoms with E-state index in [1.54, 1.807) is 30.5 Å². The number of hydrogen-bond acceptors (Lipinski definition) is 4. The maximum absolute atomic E-state index is 9.59. The zero-order valence-electron chi connectivity index (χ0n) is 10.9. The van der Waals surface area contributed by atoms with Gasteiger partial charge in [0.15, 0.2) is 0 Å². The topological polar surface area (TPSA) is 62.6 Å². The van der Waals surface area contributed by atoms with Crippen LogP contribution in [-0.4, -0.2) is 15.2 Å². The predicted octanol–water partition coefficient (Wildman–Crippen LogP) is 3.75. The molecule has 1 aromatic heterocycles. The van der Waals surface area contributed by atoms with Gasteiger partial charge in [-0.1, -0.05) is 6.07 Å². The van der Waals surface area contributed by atoms with Crippen molar-refractivity contribution in [3.05, 3.63) is 54.2 Å². The Labute approximate surface area is 115 Å². The van der Waals surface area contributed by atoms with Crippen LogP contribution in [-0.2, 0) is 0 Å². The van der Waals surface area contributed by atoms with Crippen LogP contribution in [0.3, 0.4) is 0 Å². The largest absolute Gasteiger partial charge is 0.508 e. The fraction of sp³-hybridized carbons (Fsp3) is 0.0625. The van der Waals surface area contributed by atoms with Gasteiger partial charge in [-0.2, -0.15) is 0 Å². The summed E-state index contributed by atoms with van der Waals surface area (Å²) in [6.45, 7) is 1.87. The van der Waals surface area contributed by atoms with Crippen molar-refractivity contribution >= 4 is 10.8 Å². The highest BCUT2D eigenvalue weighted by molar-refractivity contribution is 5.88. The van der Waals surface area contributed by atoms with E-state index in [-0.39, 0.29) is 11.5 Å². The van der Waals surface area contributed by atoms with Crippen LogP contribution in [0.25, 0.3) is 10.8 Å². The first-order chi connectivity index (χ1) is 9.61. The molecule has 0 aliphatic carbocycles. The standard InChI is InChI=1S/C16H13NO3/c1-10-6-13(19)8-14(7-10)20-16-15-9-12(18)3-2-11(15)4-5-17-16/h2-9,18-19H,1H3. The minimum absolute atomic E-state index is 0.142. The third kappa shape index (κ3) is 2.36. The van der Waals surface area contributed by atoms with Gasteiger partial charge in [0, 0.05) is 17.6 Å². The predicted molar refractivity (Wildman–Crippen MR) is 76.3 cm³/mol. The number of aryl methyl sites for hydroxylation is 1. The first-order valence-corrected chi connectivity index (χ1v) is 6.18. The van der Waals surface area contributed by atoms with E-state index in [4.69, 9.17) is 4.74 Å². The smallest absolute Gasteiger partial charge is 0.227 e. The van der Waals surface area contributed by atoms with Crippen molar-refractivity contribution in [1.82, 2.24) is 4.98 Å². The Morgan fingerprint density at radius 2 is 1.80 bits per heavy atom. The van der Waals surface area contributed by atoms with Gasteiger partial charge in [-0.25, -0.2) is 4.98 Å². The van der Waals surface area contributed by atoms with Crippen LogP contribution in [0.15, 0.2) is 48.7 Å². The molecule has 0 spiro atoms. The minimum Gasteiger partial charge on any atom is -0.508 e. The average Bonchev–Trinajstić information content (AvgIpc) is 2.38. The molecule has 1 heterocycles. The Bertz CT molecular complexity index is 764. The monoisotopic (exact) mass is 267 g/mol. The highest BCUT2D eigenvalue weighted by Crippen LogP contribution is 2.31. The molecule has 0 fully saturated rings. The Balaban J connectivity index is 2.08. The number of benzene rings is 2. The molecule has 0 saturated heterocycles. The summed E-state index contributed by atoms with van der Waals surface area (Å²) < 4.78 is 5.73. The molecule has 0 aliphatic heterocycles. The molecular weight excluding hydrogens is 254 g/mol. The summed E-state index contributed by atoms with van der Waals surface area (Å²) in [5.74, 6) is 1.19.